The second-order valence-electron chi connectivity index (χ2n) is 7.90. The normalized spacial score (nSPS) is 17.9. The van der Waals surface area contributed by atoms with Crippen molar-refractivity contribution in [1.82, 2.24) is 18.7 Å². The average molecular weight is 412 g/mol. The Hall–Kier alpha value is -2.38. The molecule has 7 heteroatoms. The summed E-state index contributed by atoms with van der Waals surface area (Å²) in [7, 11) is 1.79. The van der Waals surface area contributed by atoms with Crippen molar-refractivity contribution in [1.29, 1.82) is 0 Å². The van der Waals surface area contributed by atoms with Gasteiger partial charge in [-0.05, 0) is 23.7 Å². The maximum atomic E-state index is 13.9. The highest BCUT2D eigenvalue weighted by atomic mass is 32.1. The monoisotopic (exact) mass is 411 g/mol. The average Bonchev–Trinajstić information content (AvgIpc) is 3.30. The van der Waals surface area contributed by atoms with Crippen molar-refractivity contribution in [2.45, 2.75) is 6.42 Å². The third kappa shape index (κ3) is 3.32. The molecular formula is C22H26FN5S. The SMILES string of the molecule is C=C1c2cc(F)n(C)c2CCN1CCN1CCN(c2nsc3ccccc23)CC1. The van der Waals surface area contributed by atoms with Gasteiger partial charge in [0.25, 0.3) is 0 Å². The van der Waals surface area contributed by atoms with Crippen LogP contribution in [0, 0.1) is 5.95 Å². The molecule has 1 aromatic carbocycles. The van der Waals surface area contributed by atoms with E-state index in [-0.39, 0.29) is 5.95 Å². The van der Waals surface area contributed by atoms with Gasteiger partial charge in [0.1, 0.15) is 5.82 Å². The fourth-order valence-corrected chi connectivity index (χ4v) is 5.30. The second-order valence-corrected chi connectivity index (χ2v) is 8.71. The van der Waals surface area contributed by atoms with E-state index >= 15 is 0 Å². The van der Waals surface area contributed by atoms with E-state index in [1.165, 1.54) is 10.1 Å². The molecule has 0 radical (unpaired) electrons. The lowest BCUT2D eigenvalue weighted by Gasteiger charge is -2.37. The van der Waals surface area contributed by atoms with Crippen LogP contribution in [0.2, 0.25) is 0 Å². The smallest absolute Gasteiger partial charge is 0.194 e. The van der Waals surface area contributed by atoms with Crippen molar-refractivity contribution in [3.05, 3.63) is 54.1 Å². The number of nitrogens with zero attached hydrogens (tertiary/aromatic N) is 5. The molecule has 0 aliphatic carbocycles. The first-order chi connectivity index (χ1) is 14.1. The van der Waals surface area contributed by atoms with Crippen LogP contribution in [0.1, 0.15) is 11.3 Å². The van der Waals surface area contributed by atoms with Gasteiger partial charge in [0.2, 0.25) is 0 Å². The molecule has 0 atom stereocenters. The Morgan fingerprint density at radius 3 is 2.72 bits per heavy atom. The Labute approximate surface area is 174 Å². The molecule has 4 heterocycles. The minimum absolute atomic E-state index is 0.177. The van der Waals surface area contributed by atoms with Crippen LogP contribution in [-0.2, 0) is 13.5 Å². The predicted octanol–water partition coefficient (Wildman–Crippen LogP) is 3.42. The topological polar surface area (TPSA) is 27.5 Å². The number of piperazine rings is 1. The summed E-state index contributed by atoms with van der Waals surface area (Å²) in [5, 5.41) is 1.27. The van der Waals surface area contributed by atoms with Gasteiger partial charge in [-0.25, -0.2) is 0 Å². The lowest BCUT2D eigenvalue weighted by atomic mass is 10.0. The molecule has 2 aromatic heterocycles. The molecule has 3 aromatic rings. The van der Waals surface area contributed by atoms with E-state index in [4.69, 9.17) is 4.37 Å². The highest BCUT2D eigenvalue weighted by Gasteiger charge is 2.25. The number of fused-ring (bicyclic) bond motifs is 2. The lowest BCUT2D eigenvalue weighted by Crippen LogP contribution is -2.48. The Kier molecular flexibility index (Phi) is 4.80. The van der Waals surface area contributed by atoms with Gasteiger partial charge >= 0.3 is 0 Å². The summed E-state index contributed by atoms with van der Waals surface area (Å²) in [4.78, 5) is 7.23. The van der Waals surface area contributed by atoms with Crippen molar-refractivity contribution in [2.24, 2.45) is 7.05 Å². The van der Waals surface area contributed by atoms with Crippen LogP contribution in [0.3, 0.4) is 0 Å². The van der Waals surface area contributed by atoms with Crippen molar-refractivity contribution in [2.75, 3.05) is 50.7 Å². The van der Waals surface area contributed by atoms with Gasteiger partial charge in [0, 0.05) is 87.7 Å². The first-order valence-corrected chi connectivity index (χ1v) is 11.0. The molecule has 1 fully saturated rings. The Morgan fingerprint density at radius 2 is 1.90 bits per heavy atom. The molecular weight excluding hydrogens is 385 g/mol. The molecule has 0 bridgehead atoms. The summed E-state index contributed by atoms with van der Waals surface area (Å²) in [6, 6.07) is 10.1. The molecule has 0 spiro atoms. The van der Waals surface area contributed by atoms with E-state index in [1.807, 2.05) is 0 Å². The highest BCUT2D eigenvalue weighted by Crippen LogP contribution is 2.31. The van der Waals surface area contributed by atoms with E-state index in [2.05, 4.69) is 45.5 Å². The fourth-order valence-electron chi connectivity index (χ4n) is 4.50. The van der Waals surface area contributed by atoms with Crippen LogP contribution < -0.4 is 4.90 Å². The number of hydrogen-bond acceptors (Lipinski definition) is 5. The maximum Gasteiger partial charge on any atom is 0.194 e. The fraction of sp³-hybridized carbons (Fsp3) is 0.409. The Morgan fingerprint density at radius 1 is 1.10 bits per heavy atom. The van der Waals surface area contributed by atoms with Crippen LogP contribution in [0.4, 0.5) is 10.2 Å². The van der Waals surface area contributed by atoms with Gasteiger partial charge in [-0.2, -0.15) is 8.76 Å². The first-order valence-electron chi connectivity index (χ1n) is 10.2. The number of halogens is 1. The van der Waals surface area contributed by atoms with Crippen molar-refractivity contribution < 1.29 is 4.39 Å². The molecule has 1 saturated heterocycles. The number of rotatable bonds is 4. The van der Waals surface area contributed by atoms with Crippen molar-refractivity contribution in [3.63, 3.8) is 0 Å². The molecule has 2 aliphatic rings. The van der Waals surface area contributed by atoms with E-state index in [9.17, 15) is 4.39 Å². The van der Waals surface area contributed by atoms with Gasteiger partial charge in [-0.3, -0.25) is 4.90 Å². The van der Waals surface area contributed by atoms with Crippen LogP contribution in [0.15, 0.2) is 36.9 Å². The summed E-state index contributed by atoms with van der Waals surface area (Å²) in [6.07, 6.45) is 0.874. The van der Waals surface area contributed by atoms with Gasteiger partial charge in [-0.1, -0.05) is 18.7 Å². The van der Waals surface area contributed by atoms with Gasteiger partial charge in [-0.15, -0.1) is 0 Å². The summed E-state index contributed by atoms with van der Waals surface area (Å²) < 4.78 is 21.5. The quantitative estimate of drug-likeness (QED) is 0.658. The summed E-state index contributed by atoms with van der Waals surface area (Å²) in [5.74, 6) is 0.956. The molecule has 5 rings (SSSR count). The van der Waals surface area contributed by atoms with E-state index in [1.54, 1.807) is 29.2 Å². The molecule has 29 heavy (non-hydrogen) atoms. The largest absolute Gasteiger partial charge is 0.370 e. The van der Waals surface area contributed by atoms with Gasteiger partial charge < -0.3 is 14.4 Å². The van der Waals surface area contributed by atoms with Crippen molar-refractivity contribution >= 4 is 33.1 Å². The third-order valence-electron chi connectivity index (χ3n) is 6.33. The van der Waals surface area contributed by atoms with Crippen molar-refractivity contribution in [3.8, 4) is 0 Å². The van der Waals surface area contributed by atoms with Gasteiger partial charge in [0.05, 0.1) is 4.70 Å². The first kappa shape index (κ1) is 18.6. The van der Waals surface area contributed by atoms with Crippen LogP contribution in [0.5, 0.6) is 0 Å². The van der Waals surface area contributed by atoms with E-state index in [0.717, 1.165) is 75.0 Å². The Bertz CT molecular complexity index is 1050. The third-order valence-corrected chi connectivity index (χ3v) is 7.14. The predicted molar refractivity (Wildman–Crippen MR) is 118 cm³/mol. The Balaban J connectivity index is 1.17. The van der Waals surface area contributed by atoms with Crippen LogP contribution in [0.25, 0.3) is 15.8 Å². The molecule has 0 amide bonds. The summed E-state index contributed by atoms with van der Waals surface area (Å²) >= 11 is 1.58. The molecule has 0 unspecified atom stereocenters. The molecule has 0 saturated carbocycles. The number of hydrogen-bond donors (Lipinski definition) is 0. The zero-order valence-corrected chi connectivity index (χ0v) is 17.6. The second kappa shape index (κ2) is 7.46. The van der Waals surface area contributed by atoms with Crippen LogP contribution >= 0.6 is 11.5 Å². The highest BCUT2D eigenvalue weighted by molar-refractivity contribution is 7.13. The number of aromatic nitrogens is 2. The minimum atomic E-state index is -0.177. The summed E-state index contributed by atoms with van der Waals surface area (Å²) in [6.45, 7) is 11.2. The maximum absolute atomic E-state index is 13.9. The number of benzene rings is 1. The standard InChI is InChI=1S/C22H26FN5S/c1-16-18-15-21(23)25(2)19(18)7-8-27(16)12-9-26-10-13-28(14-11-26)22-17-5-3-4-6-20(17)29-24-22/h3-6,15H,1,7-14H2,2H3. The number of anilines is 1. The van der Waals surface area contributed by atoms with Gasteiger partial charge in [0.15, 0.2) is 5.95 Å². The minimum Gasteiger partial charge on any atom is -0.370 e. The molecule has 2 aliphatic heterocycles. The zero-order valence-electron chi connectivity index (χ0n) is 16.8. The van der Waals surface area contributed by atoms with E-state index < -0.39 is 0 Å². The molecule has 5 nitrogen and oxygen atoms in total. The molecule has 152 valence electrons. The summed E-state index contributed by atoms with van der Waals surface area (Å²) in [5.41, 5.74) is 2.99. The molecule has 0 N–H and O–H groups in total. The zero-order chi connectivity index (χ0) is 20.0. The van der Waals surface area contributed by atoms with E-state index in [0.29, 0.717) is 0 Å². The van der Waals surface area contributed by atoms with Crippen LogP contribution in [-0.4, -0.2) is 64.6 Å². The lowest BCUT2D eigenvalue weighted by molar-refractivity contribution is 0.228.